The Balaban J connectivity index is 1.51. The third kappa shape index (κ3) is 2.84. The molecule has 126 valence electrons. The van der Waals surface area contributed by atoms with E-state index in [2.05, 4.69) is 9.88 Å². The molecule has 1 N–H and O–H groups in total. The zero-order chi connectivity index (χ0) is 16.7. The molecule has 5 heteroatoms. The van der Waals surface area contributed by atoms with Crippen LogP contribution in [0.25, 0.3) is 0 Å². The second-order valence-corrected chi connectivity index (χ2v) is 7.80. The lowest BCUT2D eigenvalue weighted by molar-refractivity contribution is -0.0108. The van der Waals surface area contributed by atoms with E-state index in [9.17, 15) is 5.11 Å². The van der Waals surface area contributed by atoms with Crippen molar-refractivity contribution in [2.75, 3.05) is 13.1 Å². The topological polar surface area (TPSA) is 36.4 Å². The second kappa shape index (κ2) is 6.30. The third-order valence-corrected chi connectivity index (χ3v) is 6.26. The lowest BCUT2D eigenvalue weighted by Crippen LogP contribution is -2.35. The maximum absolute atomic E-state index is 11.3. The van der Waals surface area contributed by atoms with Crippen LogP contribution < -0.4 is 0 Å². The molecule has 3 atom stereocenters. The van der Waals surface area contributed by atoms with Gasteiger partial charge in [0.05, 0.1) is 15.7 Å². The Bertz CT molecular complexity index is 739. The number of aliphatic hydroxyl groups is 1. The normalized spacial score (nSPS) is 29.8. The number of rotatable bonds is 3. The summed E-state index contributed by atoms with van der Waals surface area (Å²) < 4.78 is 0. The van der Waals surface area contributed by atoms with Crippen molar-refractivity contribution in [3.63, 3.8) is 0 Å². The van der Waals surface area contributed by atoms with Crippen molar-refractivity contribution in [2.45, 2.75) is 25.0 Å². The average molecular weight is 363 g/mol. The molecule has 4 rings (SSSR count). The summed E-state index contributed by atoms with van der Waals surface area (Å²) in [7, 11) is 0. The molecule has 0 amide bonds. The van der Waals surface area contributed by atoms with E-state index in [-0.39, 0.29) is 5.92 Å². The second-order valence-electron chi connectivity index (χ2n) is 6.99. The number of halogens is 2. The van der Waals surface area contributed by atoms with Crippen molar-refractivity contribution in [2.24, 2.45) is 11.8 Å². The van der Waals surface area contributed by atoms with Crippen molar-refractivity contribution in [3.05, 3.63) is 63.9 Å². The number of aromatic nitrogens is 1. The van der Waals surface area contributed by atoms with Gasteiger partial charge in [0, 0.05) is 31.7 Å². The van der Waals surface area contributed by atoms with Crippen LogP contribution in [-0.4, -0.2) is 28.1 Å². The van der Waals surface area contributed by atoms with Gasteiger partial charge in [-0.05, 0) is 48.6 Å². The molecule has 2 aliphatic rings. The fraction of sp³-hybridized carbons (Fsp3) is 0.421. The van der Waals surface area contributed by atoms with Crippen LogP contribution in [-0.2, 0) is 12.1 Å². The van der Waals surface area contributed by atoms with Crippen LogP contribution in [0.5, 0.6) is 0 Å². The van der Waals surface area contributed by atoms with Crippen LogP contribution in [0.1, 0.15) is 24.1 Å². The molecule has 1 aromatic heterocycles. The molecule has 0 unspecified atom stereocenters. The molecular weight excluding hydrogens is 343 g/mol. The molecule has 0 bridgehead atoms. The molecule has 2 aromatic rings. The van der Waals surface area contributed by atoms with E-state index in [4.69, 9.17) is 23.2 Å². The van der Waals surface area contributed by atoms with Gasteiger partial charge in [-0.2, -0.15) is 0 Å². The van der Waals surface area contributed by atoms with Gasteiger partial charge in [-0.1, -0.05) is 35.3 Å². The van der Waals surface area contributed by atoms with Gasteiger partial charge in [0.1, 0.15) is 5.60 Å². The summed E-state index contributed by atoms with van der Waals surface area (Å²) in [5.74, 6) is 0.773. The van der Waals surface area contributed by atoms with Gasteiger partial charge in [-0.15, -0.1) is 0 Å². The lowest BCUT2D eigenvalue weighted by Gasteiger charge is -2.29. The number of likely N-dealkylation sites (tertiary alicyclic amines) is 1. The van der Waals surface area contributed by atoms with Crippen molar-refractivity contribution in [3.8, 4) is 0 Å². The Morgan fingerprint density at radius 1 is 1.17 bits per heavy atom. The number of nitrogens with zero attached hydrogens (tertiary/aromatic N) is 2. The van der Waals surface area contributed by atoms with Gasteiger partial charge >= 0.3 is 0 Å². The highest BCUT2D eigenvalue weighted by atomic mass is 35.5. The predicted octanol–water partition coefficient (Wildman–Crippen LogP) is 4.12. The highest BCUT2D eigenvalue weighted by Gasteiger charge is 2.52. The van der Waals surface area contributed by atoms with Crippen LogP contribution in [0.3, 0.4) is 0 Å². The first-order valence-corrected chi connectivity index (χ1v) is 9.12. The van der Waals surface area contributed by atoms with Gasteiger partial charge < -0.3 is 5.11 Å². The summed E-state index contributed by atoms with van der Waals surface area (Å²) in [6, 6.07) is 11.6. The van der Waals surface area contributed by atoms with Gasteiger partial charge in [-0.3, -0.25) is 9.88 Å². The number of fused-ring (bicyclic) bond motifs is 1. The van der Waals surface area contributed by atoms with E-state index < -0.39 is 5.60 Å². The van der Waals surface area contributed by atoms with E-state index in [0.717, 1.165) is 43.7 Å². The molecule has 0 radical (unpaired) electrons. The summed E-state index contributed by atoms with van der Waals surface area (Å²) in [5.41, 5.74) is 1.18. The maximum Gasteiger partial charge on any atom is 0.111 e. The SMILES string of the molecule is O[C@@]1(c2ccccn2)CC[C@H]2CN(Cc3ccc(Cl)c(Cl)c3)C[C@H]21. The van der Waals surface area contributed by atoms with E-state index in [1.807, 2.05) is 36.4 Å². The summed E-state index contributed by atoms with van der Waals surface area (Å²) >= 11 is 12.1. The van der Waals surface area contributed by atoms with E-state index in [1.165, 1.54) is 0 Å². The Kier molecular flexibility index (Phi) is 4.29. The maximum atomic E-state index is 11.3. The molecule has 1 aromatic carbocycles. The first-order valence-electron chi connectivity index (χ1n) is 8.36. The largest absolute Gasteiger partial charge is 0.383 e. The summed E-state index contributed by atoms with van der Waals surface area (Å²) in [5, 5.41) is 12.5. The minimum atomic E-state index is -0.793. The Labute approximate surface area is 152 Å². The smallest absolute Gasteiger partial charge is 0.111 e. The molecule has 3 nitrogen and oxygen atoms in total. The fourth-order valence-corrected chi connectivity index (χ4v) is 4.67. The van der Waals surface area contributed by atoms with Gasteiger partial charge in [0.15, 0.2) is 0 Å². The third-order valence-electron chi connectivity index (χ3n) is 5.52. The average Bonchev–Trinajstić information content (AvgIpc) is 3.13. The number of pyridine rings is 1. The zero-order valence-corrected chi connectivity index (χ0v) is 14.8. The lowest BCUT2D eigenvalue weighted by atomic mass is 9.85. The minimum absolute atomic E-state index is 0.246. The summed E-state index contributed by atoms with van der Waals surface area (Å²) in [6.45, 7) is 2.74. The molecule has 1 aliphatic carbocycles. The van der Waals surface area contributed by atoms with Gasteiger partial charge in [-0.25, -0.2) is 0 Å². The van der Waals surface area contributed by atoms with Gasteiger partial charge in [0.25, 0.3) is 0 Å². The first-order chi connectivity index (χ1) is 11.6. The van der Waals surface area contributed by atoms with Crippen molar-refractivity contribution < 1.29 is 5.11 Å². The van der Waals surface area contributed by atoms with Crippen LogP contribution in [0.2, 0.25) is 10.0 Å². The standard InChI is InChI=1S/C19H20Cl2N2O/c20-16-5-4-13(9-17(16)21)10-23-11-14-6-7-19(24,15(14)12-23)18-3-1-2-8-22-18/h1-5,8-9,14-15,24H,6-7,10-12H2/t14-,15+,19-/m0/s1. The van der Waals surface area contributed by atoms with E-state index in [1.54, 1.807) is 6.20 Å². The molecule has 1 aliphatic heterocycles. The zero-order valence-electron chi connectivity index (χ0n) is 13.3. The highest BCUT2D eigenvalue weighted by Crippen LogP contribution is 2.50. The van der Waals surface area contributed by atoms with Crippen LogP contribution in [0.15, 0.2) is 42.6 Å². The quantitative estimate of drug-likeness (QED) is 0.891. The van der Waals surface area contributed by atoms with E-state index >= 15 is 0 Å². The summed E-state index contributed by atoms with van der Waals surface area (Å²) in [6.07, 6.45) is 3.62. The summed E-state index contributed by atoms with van der Waals surface area (Å²) in [4.78, 5) is 6.83. The predicted molar refractivity (Wildman–Crippen MR) is 96.1 cm³/mol. The molecule has 24 heavy (non-hydrogen) atoms. The monoisotopic (exact) mass is 362 g/mol. The minimum Gasteiger partial charge on any atom is -0.383 e. The van der Waals surface area contributed by atoms with Crippen LogP contribution in [0.4, 0.5) is 0 Å². The number of hydrogen-bond acceptors (Lipinski definition) is 3. The van der Waals surface area contributed by atoms with Crippen molar-refractivity contribution >= 4 is 23.2 Å². The molecule has 2 heterocycles. The van der Waals surface area contributed by atoms with Crippen molar-refractivity contribution in [1.29, 1.82) is 0 Å². The molecular formula is C19H20Cl2N2O. The van der Waals surface area contributed by atoms with E-state index in [0.29, 0.717) is 16.0 Å². The Hall–Kier alpha value is -1.13. The molecule has 0 spiro atoms. The molecule has 1 saturated heterocycles. The van der Waals surface area contributed by atoms with Gasteiger partial charge in [0.2, 0.25) is 0 Å². The van der Waals surface area contributed by atoms with Crippen LogP contribution in [0, 0.1) is 11.8 Å². The Morgan fingerprint density at radius 3 is 2.79 bits per heavy atom. The highest BCUT2D eigenvalue weighted by molar-refractivity contribution is 6.42. The fourth-order valence-electron chi connectivity index (χ4n) is 4.35. The number of hydrogen-bond donors (Lipinski definition) is 1. The molecule has 1 saturated carbocycles. The molecule has 2 fully saturated rings. The Morgan fingerprint density at radius 2 is 2.04 bits per heavy atom. The van der Waals surface area contributed by atoms with Crippen LogP contribution >= 0.6 is 23.2 Å². The van der Waals surface area contributed by atoms with Crippen molar-refractivity contribution in [1.82, 2.24) is 9.88 Å². The first kappa shape index (κ1) is 16.3. The number of benzene rings is 1.